The van der Waals surface area contributed by atoms with Gasteiger partial charge in [0, 0.05) is 31.6 Å². The van der Waals surface area contributed by atoms with E-state index in [9.17, 15) is 9.18 Å². The molecule has 1 saturated heterocycles. The summed E-state index contributed by atoms with van der Waals surface area (Å²) in [6.07, 6.45) is 5.96. The van der Waals surface area contributed by atoms with Crippen molar-refractivity contribution in [1.29, 1.82) is 0 Å². The van der Waals surface area contributed by atoms with Gasteiger partial charge in [-0.3, -0.25) is 0 Å². The Morgan fingerprint density at radius 2 is 1.85 bits per heavy atom. The minimum atomic E-state index is -0.295. The Balaban J connectivity index is 1.34. The molecule has 0 unspecified atom stereocenters. The van der Waals surface area contributed by atoms with E-state index >= 15 is 0 Å². The lowest BCUT2D eigenvalue weighted by molar-refractivity contribution is 0.220. The second-order valence-corrected chi connectivity index (χ2v) is 6.49. The number of urea groups is 1. The molecule has 7 heteroatoms. The van der Waals surface area contributed by atoms with Crippen molar-refractivity contribution in [2.24, 2.45) is 0 Å². The number of nitrogens with one attached hydrogen (secondary N) is 2. The molecule has 26 heavy (non-hydrogen) atoms. The Morgan fingerprint density at radius 3 is 2.62 bits per heavy atom. The second-order valence-electron chi connectivity index (χ2n) is 6.49. The SMILES string of the molecule is O=C(NCCc1coc(-c2ccc(F)cc2)n1)NCCN1CCCCC1. The summed E-state index contributed by atoms with van der Waals surface area (Å²) in [5.41, 5.74) is 1.47. The van der Waals surface area contributed by atoms with Crippen molar-refractivity contribution in [3.05, 3.63) is 42.0 Å². The third-order valence-corrected chi connectivity index (χ3v) is 4.47. The average Bonchev–Trinajstić information content (AvgIpc) is 3.12. The molecule has 140 valence electrons. The highest BCUT2D eigenvalue weighted by Crippen LogP contribution is 2.18. The van der Waals surface area contributed by atoms with E-state index in [-0.39, 0.29) is 11.8 Å². The van der Waals surface area contributed by atoms with E-state index < -0.39 is 0 Å². The van der Waals surface area contributed by atoms with Crippen molar-refractivity contribution in [1.82, 2.24) is 20.5 Å². The molecule has 2 N–H and O–H groups in total. The lowest BCUT2D eigenvalue weighted by atomic mass is 10.1. The van der Waals surface area contributed by atoms with E-state index in [1.807, 2.05) is 0 Å². The first-order chi connectivity index (χ1) is 12.7. The number of piperidine rings is 1. The summed E-state index contributed by atoms with van der Waals surface area (Å²) in [5.74, 6) is 0.155. The summed E-state index contributed by atoms with van der Waals surface area (Å²) in [6.45, 7) is 4.30. The van der Waals surface area contributed by atoms with Gasteiger partial charge in [0.25, 0.3) is 0 Å². The van der Waals surface area contributed by atoms with Gasteiger partial charge in [-0.25, -0.2) is 14.2 Å². The molecule has 2 aromatic rings. The molecule has 2 amide bonds. The molecule has 1 aliphatic rings. The monoisotopic (exact) mass is 360 g/mol. The van der Waals surface area contributed by atoms with Crippen molar-refractivity contribution in [3.63, 3.8) is 0 Å². The van der Waals surface area contributed by atoms with Crippen LogP contribution < -0.4 is 10.6 Å². The van der Waals surface area contributed by atoms with Crippen LogP contribution in [0.2, 0.25) is 0 Å². The number of rotatable bonds is 7. The topological polar surface area (TPSA) is 70.4 Å². The number of likely N-dealkylation sites (tertiary alicyclic amines) is 1. The number of aromatic nitrogens is 1. The Morgan fingerprint density at radius 1 is 1.12 bits per heavy atom. The zero-order valence-corrected chi connectivity index (χ0v) is 14.8. The number of carbonyl (C=O) groups is 1. The molecule has 1 fully saturated rings. The zero-order chi connectivity index (χ0) is 18.2. The molecule has 0 bridgehead atoms. The highest BCUT2D eigenvalue weighted by atomic mass is 19.1. The van der Waals surface area contributed by atoms with Crippen LogP contribution in [0.1, 0.15) is 25.0 Å². The molecule has 1 aromatic heterocycles. The van der Waals surface area contributed by atoms with Crippen LogP contribution in [-0.4, -0.2) is 48.6 Å². The third-order valence-electron chi connectivity index (χ3n) is 4.47. The number of oxazole rings is 1. The van der Waals surface area contributed by atoms with Gasteiger partial charge in [0.05, 0.1) is 5.69 Å². The highest BCUT2D eigenvalue weighted by Gasteiger charge is 2.10. The van der Waals surface area contributed by atoms with Crippen molar-refractivity contribution < 1.29 is 13.6 Å². The smallest absolute Gasteiger partial charge is 0.314 e. The summed E-state index contributed by atoms with van der Waals surface area (Å²) in [4.78, 5) is 18.6. The van der Waals surface area contributed by atoms with Gasteiger partial charge in [-0.05, 0) is 50.2 Å². The van der Waals surface area contributed by atoms with Crippen LogP contribution in [0.3, 0.4) is 0 Å². The molecule has 2 heterocycles. The first-order valence-electron chi connectivity index (χ1n) is 9.15. The van der Waals surface area contributed by atoms with Gasteiger partial charge < -0.3 is 20.0 Å². The van der Waals surface area contributed by atoms with Gasteiger partial charge in [0.1, 0.15) is 12.1 Å². The highest BCUT2D eigenvalue weighted by molar-refractivity contribution is 5.73. The Kier molecular flexibility index (Phi) is 6.60. The minimum absolute atomic E-state index is 0.163. The number of amides is 2. The second kappa shape index (κ2) is 9.33. The standard InChI is InChI=1S/C19H25FN4O2/c20-16-6-4-15(5-7-16)18-23-17(14-26-18)8-9-21-19(25)22-10-13-24-11-2-1-3-12-24/h4-7,14H,1-3,8-13H2,(H2,21,22,25). The fraction of sp³-hybridized carbons (Fsp3) is 0.474. The van der Waals surface area contributed by atoms with Crippen LogP contribution in [0, 0.1) is 5.82 Å². The van der Waals surface area contributed by atoms with Crippen molar-refractivity contribution >= 4 is 6.03 Å². The Labute approximate surface area is 152 Å². The maximum absolute atomic E-state index is 12.9. The van der Waals surface area contributed by atoms with Gasteiger partial charge in [0.2, 0.25) is 5.89 Å². The lowest BCUT2D eigenvalue weighted by Crippen LogP contribution is -2.42. The average molecular weight is 360 g/mol. The maximum atomic E-state index is 12.9. The number of halogens is 1. The van der Waals surface area contributed by atoms with E-state index in [0.717, 1.165) is 30.9 Å². The molecule has 3 rings (SSSR count). The quantitative estimate of drug-likeness (QED) is 0.797. The van der Waals surface area contributed by atoms with Crippen LogP contribution in [0.4, 0.5) is 9.18 Å². The number of carbonyl (C=O) groups excluding carboxylic acids is 1. The summed E-state index contributed by atoms with van der Waals surface area (Å²) >= 11 is 0. The predicted octanol–water partition coefficient (Wildman–Crippen LogP) is 2.81. The summed E-state index contributed by atoms with van der Waals surface area (Å²) in [7, 11) is 0. The number of nitrogens with zero attached hydrogens (tertiary/aromatic N) is 2. The molecule has 0 spiro atoms. The first kappa shape index (κ1) is 18.4. The first-order valence-corrected chi connectivity index (χ1v) is 9.15. The summed E-state index contributed by atoms with van der Waals surface area (Å²) in [5, 5.41) is 5.71. The minimum Gasteiger partial charge on any atom is -0.444 e. The number of benzene rings is 1. The van der Waals surface area contributed by atoms with Crippen LogP contribution in [0.5, 0.6) is 0 Å². The largest absolute Gasteiger partial charge is 0.444 e. The van der Waals surface area contributed by atoms with Crippen molar-refractivity contribution in [2.75, 3.05) is 32.7 Å². The Hall–Kier alpha value is -2.41. The molecule has 6 nitrogen and oxygen atoms in total. The number of hydrogen-bond donors (Lipinski definition) is 2. The molecule has 0 saturated carbocycles. The zero-order valence-electron chi connectivity index (χ0n) is 14.8. The molecule has 0 aliphatic carbocycles. The van der Waals surface area contributed by atoms with E-state index in [4.69, 9.17) is 4.42 Å². The van der Waals surface area contributed by atoms with E-state index in [1.165, 1.54) is 31.4 Å². The third kappa shape index (κ3) is 5.56. The molecule has 0 radical (unpaired) electrons. The molecule has 1 aliphatic heterocycles. The van der Waals surface area contributed by atoms with Crippen LogP contribution in [0.15, 0.2) is 34.9 Å². The molecule has 0 atom stereocenters. The van der Waals surface area contributed by atoms with Crippen LogP contribution in [-0.2, 0) is 6.42 Å². The van der Waals surface area contributed by atoms with Crippen molar-refractivity contribution in [3.8, 4) is 11.5 Å². The van der Waals surface area contributed by atoms with Gasteiger partial charge in [-0.15, -0.1) is 0 Å². The van der Waals surface area contributed by atoms with Crippen LogP contribution in [0.25, 0.3) is 11.5 Å². The van der Waals surface area contributed by atoms with Crippen molar-refractivity contribution in [2.45, 2.75) is 25.7 Å². The van der Waals surface area contributed by atoms with Gasteiger partial charge in [-0.1, -0.05) is 6.42 Å². The fourth-order valence-corrected chi connectivity index (χ4v) is 3.02. The fourth-order valence-electron chi connectivity index (χ4n) is 3.02. The van der Waals surface area contributed by atoms with E-state index in [0.29, 0.717) is 25.4 Å². The normalized spacial score (nSPS) is 15.0. The Bertz CT molecular complexity index is 696. The molecule has 1 aromatic carbocycles. The maximum Gasteiger partial charge on any atom is 0.314 e. The van der Waals surface area contributed by atoms with E-state index in [1.54, 1.807) is 18.4 Å². The van der Waals surface area contributed by atoms with Gasteiger partial charge in [-0.2, -0.15) is 0 Å². The summed E-state index contributed by atoms with van der Waals surface area (Å²) in [6, 6.07) is 5.83. The van der Waals surface area contributed by atoms with Crippen LogP contribution >= 0.6 is 0 Å². The van der Waals surface area contributed by atoms with Gasteiger partial charge >= 0.3 is 6.03 Å². The summed E-state index contributed by atoms with van der Waals surface area (Å²) < 4.78 is 18.4. The number of hydrogen-bond acceptors (Lipinski definition) is 4. The lowest BCUT2D eigenvalue weighted by Gasteiger charge is -2.26. The molecular formula is C19H25FN4O2. The predicted molar refractivity (Wildman–Crippen MR) is 97.3 cm³/mol. The van der Waals surface area contributed by atoms with Gasteiger partial charge in [0.15, 0.2) is 0 Å². The molecular weight excluding hydrogens is 335 g/mol. The van der Waals surface area contributed by atoms with E-state index in [2.05, 4.69) is 20.5 Å².